The monoisotopic (exact) mass is 164 g/mol. The van der Waals surface area contributed by atoms with Gasteiger partial charge in [0.1, 0.15) is 0 Å². The molecule has 0 aliphatic carbocycles. The Morgan fingerprint density at radius 1 is 1.00 bits per heavy atom. The molecule has 0 fully saturated rings. The molecule has 0 aromatic heterocycles. The highest BCUT2D eigenvalue weighted by Gasteiger charge is 1.76. The molecule has 0 saturated carbocycles. The van der Waals surface area contributed by atoms with Gasteiger partial charge in [-0.3, -0.25) is 0 Å². The highest BCUT2D eigenvalue weighted by Crippen LogP contribution is 1.97. The molecule has 0 heteroatoms. The van der Waals surface area contributed by atoms with Gasteiger partial charge in [0, 0.05) is 0 Å². The standard InChI is InChI=1S/C10H16.C2H4/c1-5-6-10(4)8-7-9(2)3;1-2/h5-8H,1-4H3;1-2H2/b6-5-,10-8-;. The van der Waals surface area contributed by atoms with Gasteiger partial charge in [0.2, 0.25) is 0 Å². The zero-order chi connectivity index (χ0) is 9.98. The van der Waals surface area contributed by atoms with E-state index in [1.54, 1.807) is 0 Å². The molecule has 0 rings (SSSR count). The van der Waals surface area contributed by atoms with Gasteiger partial charge in [-0.2, -0.15) is 0 Å². The molecule has 0 bridgehead atoms. The Balaban J connectivity index is 0. The predicted octanol–water partition coefficient (Wildman–Crippen LogP) is 4.28. The van der Waals surface area contributed by atoms with Gasteiger partial charge in [0.25, 0.3) is 0 Å². The van der Waals surface area contributed by atoms with E-state index in [1.165, 1.54) is 11.1 Å². The van der Waals surface area contributed by atoms with Gasteiger partial charge in [-0.1, -0.05) is 35.5 Å². The number of hydrogen-bond acceptors (Lipinski definition) is 0. The van der Waals surface area contributed by atoms with Crippen LogP contribution >= 0.6 is 0 Å². The molecule has 0 N–H and O–H groups in total. The van der Waals surface area contributed by atoms with Crippen LogP contribution in [0.25, 0.3) is 0 Å². The molecular formula is C12H20. The van der Waals surface area contributed by atoms with Crippen LogP contribution in [0.5, 0.6) is 0 Å². The average molecular weight is 164 g/mol. The topological polar surface area (TPSA) is 0 Å². The maximum Gasteiger partial charge on any atom is -0.0398 e. The van der Waals surface area contributed by atoms with E-state index >= 15 is 0 Å². The minimum atomic E-state index is 1.30. The molecule has 0 aromatic rings. The van der Waals surface area contributed by atoms with Crippen molar-refractivity contribution in [3.8, 4) is 0 Å². The van der Waals surface area contributed by atoms with Gasteiger partial charge in [-0.25, -0.2) is 0 Å². The van der Waals surface area contributed by atoms with Crippen LogP contribution in [0.3, 0.4) is 0 Å². The predicted molar refractivity (Wildman–Crippen MR) is 59.3 cm³/mol. The van der Waals surface area contributed by atoms with Crippen molar-refractivity contribution in [2.75, 3.05) is 0 Å². The molecule has 68 valence electrons. The van der Waals surface area contributed by atoms with E-state index in [4.69, 9.17) is 0 Å². The first-order valence-electron chi connectivity index (χ1n) is 4.11. The summed E-state index contributed by atoms with van der Waals surface area (Å²) in [6, 6.07) is 0. The van der Waals surface area contributed by atoms with Crippen molar-refractivity contribution in [3.63, 3.8) is 0 Å². The van der Waals surface area contributed by atoms with E-state index in [1.807, 2.05) is 13.0 Å². The molecule has 0 radical (unpaired) electrons. The van der Waals surface area contributed by atoms with E-state index in [9.17, 15) is 0 Å². The summed E-state index contributed by atoms with van der Waals surface area (Å²) in [7, 11) is 0. The SMILES string of the molecule is C/C=C\C(C)=C/C=C(C)C.C=C. The van der Waals surface area contributed by atoms with Gasteiger partial charge in [-0.05, 0) is 27.7 Å². The molecule has 0 saturated heterocycles. The van der Waals surface area contributed by atoms with Crippen molar-refractivity contribution in [2.45, 2.75) is 27.7 Å². The molecule has 0 nitrogen and oxygen atoms in total. The van der Waals surface area contributed by atoms with Crippen LogP contribution in [0, 0.1) is 0 Å². The summed E-state index contributed by atoms with van der Waals surface area (Å²) < 4.78 is 0. The molecule has 12 heavy (non-hydrogen) atoms. The van der Waals surface area contributed by atoms with Crippen molar-refractivity contribution in [1.29, 1.82) is 0 Å². The lowest BCUT2D eigenvalue weighted by Gasteiger charge is -1.87. The number of rotatable bonds is 2. The highest BCUT2D eigenvalue weighted by molar-refractivity contribution is 5.22. The second-order valence-corrected chi connectivity index (χ2v) is 2.65. The molecule has 0 aliphatic rings. The zero-order valence-electron chi connectivity index (χ0n) is 8.72. The maximum absolute atomic E-state index is 3.00. The summed E-state index contributed by atoms with van der Waals surface area (Å²) in [5.41, 5.74) is 2.63. The Morgan fingerprint density at radius 2 is 1.50 bits per heavy atom. The largest absolute Gasteiger partial charge is 0.106 e. The molecule has 0 aliphatic heterocycles. The molecule has 0 spiro atoms. The quantitative estimate of drug-likeness (QED) is 0.422. The maximum atomic E-state index is 3.00. The van der Waals surface area contributed by atoms with Crippen molar-refractivity contribution >= 4 is 0 Å². The third-order valence-corrected chi connectivity index (χ3v) is 1.11. The van der Waals surface area contributed by atoms with E-state index < -0.39 is 0 Å². The molecule has 0 atom stereocenters. The van der Waals surface area contributed by atoms with Crippen molar-refractivity contribution < 1.29 is 0 Å². The minimum absolute atomic E-state index is 1.30. The summed E-state index contributed by atoms with van der Waals surface area (Å²) in [5, 5.41) is 0. The van der Waals surface area contributed by atoms with Crippen LogP contribution in [-0.4, -0.2) is 0 Å². The van der Waals surface area contributed by atoms with Gasteiger partial charge in [0.05, 0.1) is 0 Å². The first kappa shape index (κ1) is 13.5. The van der Waals surface area contributed by atoms with E-state index in [0.29, 0.717) is 0 Å². The molecule has 0 aromatic carbocycles. The first-order valence-corrected chi connectivity index (χ1v) is 4.11. The number of hydrogen-bond donors (Lipinski definition) is 0. The fourth-order valence-corrected chi connectivity index (χ4v) is 0.617. The normalized spacial score (nSPS) is 10.5. The number of allylic oxidation sites excluding steroid dienone is 6. The van der Waals surface area contributed by atoms with Gasteiger partial charge in [0.15, 0.2) is 0 Å². The van der Waals surface area contributed by atoms with Crippen LogP contribution in [0.4, 0.5) is 0 Å². The first-order chi connectivity index (χ1) is 5.66. The van der Waals surface area contributed by atoms with Crippen molar-refractivity contribution in [3.05, 3.63) is 48.6 Å². The zero-order valence-corrected chi connectivity index (χ0v) is 8.72. The molecular weight excluding hydrogens is 144 g/mol. The van der Waals surface area contributed by atoms with Crippen LogP contribution in [0.1, 0.15) is 27.7 Å². The van der Waals surface area contributed by atoms with E-state index in [2.05, 4.69) is 52.2 Å². The summed E-state index contributed by atoms with van der Waals surface area (Å²) in [5.74, 6) is 0. The Kier molecular flexibility index (Phi) is 11.2. The van der Waals surface area contributed by atoms with Crippen LogP contribution in [-0.2, 0) is 0 Å². The molecule has 0 heterocycles. The smallest absolute Gasteiger partial charge is 0.0398 e. The molecule has 0 amide bonds. The van der Waals surface area contributed by atoms with Gasteiger partial charge < -0.3 is 0 Å². The Labute approximate surface area is 77.0 Å². The van der Waals surface area contributed by atoms with Gasteiger partial charge in [-0.15, -0.1) is 13.2 Å². The van der Waals surface area contributed by atoms with Gasteiger partial charge >= 0.3 is 0 Å². The summed E-state index contributed by atoms with van der Waals surface area (Å²) in [4.78, 5) is 0. The third-order valence-electron chi connectivity index (χ3n) is 1.11. The Morgan fingerprint density at radius 3 is 1.83 bits per heavy atom. The molecule has 0 unspecified atom stereocenters. The highest BCUT2D eigenvalue weighted by atomic mass is 13.8. The minimum Gasteiger partial charge on any atom is -0.106 e. The fourth-order valence-electron chi connectivity index (χ4n) is 0.617. The Bertz CT molecular complexity index is 176. The fraction of sp³-hybridized carbons (Fsp3) is 0.333. The average Bonchev–Trinajstić information content (AvgIpc) is 2.05. The second kappa shape index (κ2) is 9.96. The second-order valence-electron chi connectivity index (χ2n) is 2.65. The van der Waals surface area contributed by atoms with Crippen LogP contribution in [0.15, 0.2) is 48.6 Å². The lowest BCUT2D eigenvalue weighted by atomic mass is 10.2. The van der Waals surface area contributed by atoms with E-state index in [0.717, 1.165) is 0 Å². The lowest BCUT2D eigenvalue weighted by Crippen LogP contribution is -1.66. The van der Waals surface area contributed by atoms with Crippen LogP contribution in [0.2, 0.25) is 0 Å². The Hall–Kier alpha value is -1.04. The van der Waals surface area contributed by atoms with Crippen molar-refractivity contribution in [1.82, 2.24) is 0 Å². The summed E-state index contributed by atoms with van der Waals surface area (Å²) in [6.45, 7) is 14.3. The summed E-state index contributed by atoms with van der Waals surface area (Å²) in [6.07, 6.45) is 8.38. The third kappa shape index (κ3) is 11.7. The van der Waals surface area contributed by atoms with E-state index in [-0.39, 0.29) is 0 Å². The van der Waals surface area contributed by atoms with Crippen molar-refractivity contribution in [2.24, 2.45) is 0 Å². The lowest BCUT2D eigenvalue weighted by molar-refractivity contribution is 1.38. The summed E-state index contributed by atoms with van der Waals surface area (Å²) >= 11 is 0. The van der Waals surface area contributed by atoms with Crippen LogP contribution < -0.4 is 0 Å².